The summed E-state index contributed by atoms with van der Waals surface area (Å²) in [4.78, 5) is 0. The van der Waals surface area contributed by atoms with E-state index in [1.165, 1.54) is 19.3 Å². The first-order valence-electron chi connectivity index (χ1n) is 7.68. The van der Waals surface area contributed by atoms with E-state index in [0.29, 0.717) is 11.5 Å². The molecule has 2 atom stereocenters. The molecule has 1 saturated carbocycles. The van der Waals surface area contributed by atoms with Crippen LogP contribution in [0.2, 0.25) is 0 Å². The Hall–Kier alpha value is -1.42. The first-order valence-corrected chi connectivity index (χ1v) is 7.68. The summed E-state index contributed by atoms with van der Waals surface area (Å²) in [5, 5.41) is 3.55. The Balaban J connectivity index is 1.99. The number of hydrogen-bond acceptors (Lipinski definition) is 4. The molecule has 0 heterocycles. The minimum absolute atomic E-state index is 0.661. The highest BCUT2D eigenvalue weighted by Gasteiger charge is 2.21. The smallest absolute Gasteiger partial charge is 0.203 e. The molecule has 0 radical (unpaired) electrons. The first-order chi connectivity index (χ1) is 10.2. The third kappa shape index (κ3) is 3.82. The van der Waals surface area contributed by atoms with Gasteiger partial charge in [0.25, 0.3) is 0 Å². The Morgan fingerprint density at radius 1 is 1.05 bits per heavy atom. The average Bonchev–Trinajstić information content (AvgIpc) is 2.91. The zero-order valence-corrected chi connectivity index (χ0v) is 13.6. The molecular formula is C17H27NO3. The van der Waals surface area contributed by atoms with Gasteiger partial charge in [-0.1, -0.05) is 19.4 Å². The van der Waals surface area contributed by atoms with Crippen LogP contribution in [0.5, 0.6) is 17.2 Å². The number of ether oxygens (including phenoxy) is 3. The second kappa shape index (κ2) is 7.55. The standard InChI is InChI=1S/C17H27NO3/c1-12-5-6-13(9-12)10-18-11-14-7-8-15(19-2)17(21-4)16(14)20-3/h7-8,12-13,18H,5-6,9-11H2,1-4H3. The van der Waals surface area contributed by atoms with Gasteiger partial charge in [0.05, 0.1) is 21.3 Å². The van der Waals surface area contributed by atoms with Crippen molar-refractivity contribution in [3.05, 3.63) is 17.7 Å². The minimum Gasteiger partial charge on any atom is -0.493 e. The summed E-state index contributed by atoms with van der Waals surface area (Å²) in [6.07, 6.45) is 4.05. The molecule has 1 aliphatic carbocycles. The van der Waals surface area contributed by atoms with Gasteiger partial charge in [-0.15, -0.1) is 0 Å². The van der Waals surface area contributed by atoms with Crippen molar-refractivity contribution < 1.29 is 14.2 Å². The van der Waals surface area contributed by atoms with Crippen LogP contribution in [0.4, 0.5) is 0 Å². The van der Waals surface area contributed by atoms with Crippen LogP contribution in [0.1, 0.15) is 31.7 Å². The molecule has 4 nitrogen and oxygen atoms in total. The number of nitrogens with one attached hydrogen (secondary N) is 1. The third-order valence-electron chi connectivity index (χ3n) is 4.34. The highest BCUT2D eigenvalue weighted by Crippen LogP contribution is 2.39. The highest BCUT2D eigenvalue weighted by atomic mass is 16.5. The van der Waals surface area contributed by atoms with Crippen molar-refractivity contribution in [1.82, 2.24) is 5.32 Å². The maximum Gasteiger partial charge on any atom is 0.203 e. The molecule has 0 amide bonds. The summed E-state index contributed by atoms with van der Waals surface area (Å²) in [7, 11) is 4.94. The van der Waals surface area contributed by atoms with E-state index in [2.05, 4.69) is 12.2 Å². The van der Waals surface area contributed by atoms with Crippen molar-refractivity contribution in [2.45, 2.75) is 32.7 Å². The zero-order chi connectivity index (χ0) is 15.2. The van der Waals surface area contributed by atoms with E-state index in [9.17, 15) is 0 Å². The van der Waals surface area contributed by atoms with Gasteiger partial charge < -0.3 is 19.5 Å². The second-order valence-corrected chi connectivity index (χ2v) is 5.91. The maximum atomic E-state index is 5.50. The lowest BCUT2D eigenvalue weighted by molar-refractivity contribution is 0.321. The van der Waals surface area contributed by atoms with Crippen LogP contribution in [-0.4, -0.2) is 27.9 Å². The predicted molar refractivity (Wildman–Crippen MR) is 84.3 cm³/mol. The van der Waals surface area contributed by atoms with Crippen molar-refractivity contribution in [2.75, 3.05) is 27.9 Å². The van der Waals surface area contributed by atoms with Gasteiger partial charge in [-0.05, 0) is 37.3 Å². The molecule has 1 aliphatic rings. The lowest BCUT2D eigenvalue weighted by Crippen LogP contribution is -2.21. The topological polar surface area (TPSA) is 39.7 Å². The number of benzene rings is 1. The number of methoxy groups -OCH3 is 3. The molecule has 1 N–H and O–H groups in total. The van der Waals surface area contributed by atoms with Crippen LogP contribution in [0.3, 0.4) is 0 Å². The summed E-state index contributed by atoms with van der Waals surface area (Å²) in [6.45, 7) is 4.20. The molecule has 1 aromatic rings. The van der Waals surface area contributed by atoms with E-state index in [-0.39, 0.29) is 0 Å². The molecular weight excluding hydrogens is 266 g/mol. The van der Waals surface area contributed by atoms with Crippen LogP contribution >= 0.6 is 0 Å². The number of rotatable bonds is 7. The van der Waals surface area contributed by atoms with E-state index < -0.39 is 0 Å². The van der Waals surface area contributed by atoms with Gasteiger partial charge in [0.15, 0.2) is 11.5 Å². The molecule has 4 heteroatoms. The van der Waals surface area contributed by atoms with Crippen LogP contribution in [0.25, 0.3) is 0 Å². The van der Waals surface area contributed by atoms with E-state index in [4.69, 9.17) is 14.2 Å². The van der Waals surface area contributed by atoms with Crippen LogP contribution in [0, 0.1) is 11.8 Å². The lowest BCUT2D eigenvalue weighted by atomic mass is 10.1. The van der Waals surface area contributed by atoms with Crippen LogP contribution < -0.4 is 19.5 Å². The Kier molecular flexibility index (Phi) is 5.74. The minimum atomic E-state index is 0.661. The molecule has 0 bridgehead atoms. The molecule has 2 unspecified atom stereocenters. The molecule has 0 saturated heterocycles. The summed E-state index contributed by atoms with van der Waals surface area (Å²) in [6, 6.07) is 3.96. The molecule has 0 aromatic heterocycles. The molecule has 118 valence electrons. The van der Waals surface area contributed by atoms with Gasteiger partial charge in [-0.25, -0.2) is 0 Å². The molecule has 0 spiro atoms. The Morgan fingerprint density at radius 3 is 2.38 bits per heavy atom. The first kappa shape index (κ1) is 16.0. The third-order valence-corrected chi connectivity index (χ3v) is 4.34. The van der Waals surface area contributed by atoms with E-state index in [0.717, 1.165) is 36.2 Å². The van der Waals surface area contributed by atoms with Gasteiger partial charge in [0.2, 0.25) is 5.75 Å². The summed E-state index contributed by atoms with van der Waals surface area (Å²) in [5.74, 6) is 3.80. The van der Waals surface area contributed by atoms with Crippen molar-refractivity contribution in [2.24, 2.45) is 11.8 Å². The van der Waals surface area contributed by atoms with Crippen molar-refractivity contribution in [1.29, 1.82) is 0 Å². The van der Waals surface area contributed by atoms with Gasteiger partial charge in [-0.2, -0.15) is 0 Å². The Labute approximate surface area is 127 Å². The average molecular weight is 293 g/mol. The molecule has 1 fully saturated rings. The fourth-order valence-corrected chi connectivity index (χ4v) is 3.22. The molecule has 1 aromatic carbocycles. The summed E-state index contributed by atoms with van der Waals surface area (Å²) >= 11 is 0. The molecule has 2 rings (SSSR count). The Bertz CT molecular complexity index is 462. The quantitative estimate of drug-likeness (QED) is 0.838. The van der Waals surface area contributed by atoms with Crippen molar-refractivity contribution in [3.8, 4) is 17.2 Å². The maximum absolute atomic E-state index is 5.50. The van der Waals surface area contributed by atoms with Crippen molar-refractivity contribution >= 4 is 0 Å². The fraction of sp³-hybridized carbons (Fsp3) is 0.647. The van der Waals surface area contributed by atoms with Gasteiger partial charge in [0, 0.05) is 12.1 Å². The highest BCUT2D eigenvalue weighted by molar-refractivity contribution is 5.55. The number of hydrogen-bond donors (Lipinski definition) is 1. The van der Waals surface area contributed by atoms with E-state index >= 15 is 0 Å². The molecule has 21 heavy (non-hydrogen) atoms. The van der Waals surface area contributed by atoms with Crippen LogP contribution in [0.15, 0.2) is 12.1 Å². The van der Waals surface area contributed by atoms with E-state index in [1.807, 2.05) is 12.1 Å². The van der Waals surface area contributed by atoms with Crippen LogP contribution in [-0.2, 0) is 6.54 Å². The fourth-order valence-electron chi connectivity index (χ4n) is 3.22. The zero-order valence-electron chi connectivity index (χ0n) is 13.6. The monoisotopic (exact) mass is 293 g/mol. The predicted octanol–water partition coefficient (Wildman–Crippen LogP) is 3.24. The van der Waals surface area contributed by atoms with Gasteiger partial charge in [-0.3, -0.25) is 0 Å². The van der Waals surface area contributed by atoms with Gasteiger partial charge >= 0.3 is 0 Å². The Morgan fingerprint density at radius 2 is 1.81 bits per heavy atom. The second-order valence-electron chi connectivity index (χ2n) is 5.91. The van der Waals surface area contributed by atoms with Gasteiger partial charge in [0.1, 0.15) is 0 Å². The summed E-state index contributed by atoms with van der Waals surface area (Å²) in [5.41, 5.74) is 1.10. The largest absolute Gasteiger partial charge is 0.493 e. The lowest BCUT2D eigenvalue weighted by Gasteiger charge is -2.17. The molecule has 0 aliphatic heterocycles. The normalized spacial score (nSPS) is 21.3. The summed E-state index contributed by atoms with van der Waals surface area (Å²) < 4.78 is 16.2. The van der Waals surface area contributed by atoms with Crippen molar-refractivity contribution in [3.63, 3.8) is 0 Å². The SMILES string of the molecule is COc1ccc(CNCC2CCC(C)C2)c(OC)c1OC. The van der Waals surface area contributed by atoms with E-state index in [1.54, 1.807) is 21.3 Å².